The number of fused-ring (bicyclic) bond motifs is 1. The second kappa shape index (κ2) is 7.17. The van der Waals surface area contributed by atoms with Crippen molar-refractivity contribution in [2.24, 2.45) is 0 Å². The number of methoxy groups -OCH3 is 1. The van der Waals surface area contributed by atoms with Crippen LogP contribution in [0.15, 0.2) is 53.3 Å². The Labute approximate surface area is 159 Å². The van der Waals surface area contributed by atoms with Crippen molar-refractivity contribution in [3.63, 3.8) is 0 Å². The number of nitrogens with zero attached hydrogens (tertiary/aromatic N) is 3. The molecular formula is C21H17N3O2S. The minimum atomic E-state index is -0.159. The van der Waals surface area contributed by atoms with Crippen molar-refractivity contribution in [1.82, 2.24) is 14.6 Å². The van der Waals surface area contributed by atoms with E-state index in [2.05, 4.69) is 29.1 Å². The Hall–Kier alpha value is -3.25. The lowest BCUT2D eigenvalue weighted by Crippen LogP contribution is -2.23. The Morgan fingerprint density at radius 1 is 1.00 bits per heavy atom. The van der Waals surface area contributed by atoms with Crippen LogP contribution in [0.4, 0.5) is 0 Å². The molecule has 0 saturated carbocycles. The van der Waals surface area contributed by atoms with E-state index in [0.717, 1.165) is 16.9 Å². The highest BCUT2D eigenvalue weighted by Crippen LogP contribution is 2.12. The summed E-state index contributed by atoms with van der Waals surface area (Å²) in [5, 5.41) is 4.31. The fourth-order valence-corrected chi connectivity index (χ4v) is 3.53. The van der Waals surface area contributed by atoms with E-state index in [4.69, 9.17) is 4.74 Å². The first-order valence-corrected chi connectivity index (χ1v) is 9.24. The summed E-state index contributed by atoms with van der Waals surface area (Å²) in [5.41, 5.74) is 3.05. The monoisotopic (exact) mass is 375 g/mol. The topological polar surface area (TPSA) is 56.5 Å². The van der Waals surface area contributed by atoms with Gasteiger partial charge in [0.05, 0.1) is 11.6 Å². The predicted octanol–water partition coefficient (Wildman–Crippen LogP) is 3.19. The summed E-state index contributed by atoms with van der Waals surface area (Å²) in [6, 6.07) is 15.7. The molecular weight excluding hydrogens is 358 g/mol. The van der Waals surface area contributed by atoms with Crippen molar-refractivity contribution < 1.29 is 4.74 Å². The van der Waals surface area contributed by atoms with Gasteiger partial charge in [-0.05, 0) is 42.3 Å². The van der Waals surface area contributed by atoms with Gasteiger partial charge >= 0.3 is 0 Å². The minimum Gasteiger partial charge on any atom is -0.497 e. The third kappa shape index (κ3) is 3.66. The van der Waals surface area contributed by atoms with Crippen molar-refractivity contribution >= 4 is 34.5 Å². The molecule has 0 aliphatic heterocycles. The van der Waals surface area contributed by atoms with Gasteiger partial charge < -0.3 is 4.74 Å². The smallest absolute Gasteiger partial charge is 0.291 e. The van der Waals surface area contributed by atoms with Crippen LogP contribution in [-0.4, -0.2) is 21.7 Å². The number of rotatable bonds is 4. The number of hydrogen-bond acceptors (Lipinski definition) is 5. The van der Waals surface area contributed by atoms with Gasteiger partial charge in [0.2, 0.25) is 4.96 Å². The van der Waals surface area contributed by atoms with E-state index in [1.807, 2.05) is 54.6 Å². The van der Waals surface area contributed by atoms with Crippen LogP contribution >= 0.6 is 11.3 Å². The quantitative estimate of drug-likeness (QED) is 0.550. The first-order valence-electron chi connectivity index (χ1n) is 8.42. The van der Waals surface area contributed by atoms with E-state index < -0.39 is 0 Å². The van der Waals surface area contributed by atoms with Gasteiger partial charge in [0.1, 0.15) is 5.75 Å². The Morgan fingerprint density at radius 3 is 2.37 bits per heavy atom. The number of benzene rings is 2. The van der Waals surface area contributed by atoms with Gasteiger partial charge in [0.25, 0.3) is 5.56 Å². The molecule has 0 atom stereocenters. The van der Waals surface area contributed by atoms with Crippen LogP contribution in [0, 0.1) is 6.92 Å². The summed E-state index contributed by atoms with van der Waals surface area (Å²) < 4.78 is 7.11. The minimum absolute atomic E-state index is 0.159. The molecule has 4 aromatic rings. The molecule has 0 fully saturated rings. The normalized spacial score (nSPS) is 12.3. The molecule has 27 heavy (non-hydrogen) atoms. The first-order chi connectivity index (χ1) is 13.1. The van der Waals surface area contributed by atoms with Crippen molar-refractivity contribution in [2.45, 2.75) is 6.92 Å². The second-order valence-electron chi connectivity index (χ2n) is 6.10. The summed E-state index contributed by atoms with van der Waals surface area (Å²) in [6.07, 6.45) is 5.59. The maximum atomic E-state index is 12.6. The van der Waals surface area contributed by atoms with Gasteiger partial charge in [0, 0.05) is 0 Å². The van der Waals surface area contributed by atoms with Crippen molar-refractivity contribution in [3.05, 3.63) is 85.9 Å². The second-order valence-corrected chi connectivity index (χ2v) is 7.11. The summed E-state index contributed by atoms with van der Waals surface area (Å²) in [6.45, 7) is 2.05. The standard InChI is InChI=1S/C21H17N3O2S/c1-14-3-5-15(6-4-14)9-12-19-22-21-24(23-19)20(25)18(27-21)13-16-7-10-17(26-2)11-8-16/h3-13H,1-2H3. The van der Waals surface area contributed by atoms with Gasteiger partial charge in [-0.3, -0.25) is 4.79 Å². The molecule has 0 aliphatic rings. The third-order valence-corrected chi connectivity index (χ3v) is 5.07. The van der Waals surface area contributed by atoms with Crippen LogP contribution in [0.3, 0.4) is 0 Å². The van der Waals surface area contributed by atoms with E-state index in [0.29, 0.717) is 15.3 Å². The molecule has 0 radical (unpaired) electrons. The number of aryl methyl sites for hydroxylation is 1. The van der Waals surface area contributed by atoms with Crippen LogP contribution in [0.1, 0.15) is 22.5 Å². The Morgan fingerprint density at radius 2 is 1.70 bits per heavy atom. The molecule has 0 bridgehead atoms. The van der Waals surface area contributed by atoms with Crippen molar-refractivity contribution in [1.29, 1.82) is 0 Å². The van der Waals surface area contributed by atoms with Crippen LogP contribution in [0.2, 0.25) is 0 Å². The number of aromatic nitrogens is 3. The highest BCUT2D eigenvalue weighted by atomic mass is 32.1. The molecule has 2 aromatic heterocycles. The fraction of sp³-hybridized carbons (Fsp3) is 0.0952. The Kier molecular flexibility index (Phi) is 4.56. The first kappa shape index (κ1) is 17.2. The van der Waals surface area contributed by atoms with Crippen molar-refractivity contribution in [3.8, 4) is 5.75 Å². The average molecular weight is 375 g/mol. The van der Waals surface area contributed by atoms with Crippen LogP contribution < -0.4 is 14.8 Å². The number of thiazole rings is 1. The van der Waals surface area contributed by atoms with Crippen LogP contribution in [0.5, 0.6) is 5.75 Å². The molecule has 0 aliphatic carbocycles. The average Bonchev–Trinajstić information content (AvgIpc) is 3.21. The molecule has 2 aromatic carbocycles. The zero-order valence-electron chi connectivity index (χ0n) is 14.9. The molecule has 4 rings (SSSR count). The molecule has 0 spiro atoms. The lowest BCUT2D eigenvalue weighted by molar-refractivity contribution is 0.415. The van der Waals surface area contributed by atoms with Gasteiger partial charge in [-0.1, -0.05) is 59.4 Å². The molecule has 0 unspecified atom stereocenters. The molecule has 6 heteroatoms. The van der Waals surface area contributed by atoms with E-state index in [-0.39, 0.29) is 5.56 Å². The van der Waals surface area contributed by atoms with Crippen molar-refractivity contribution in [2.75, 3.05) is 7.11 Å². The highest BCUT2D eigenvalue weighted by Gasteiger charge is 2.08. The highest BCUT2D eigenvalue weighted by molar-refractivity contribution is 7.15. The van der Waals surface area contributed by atoms with Gasteiger partial charge in [-0.25, -0.2) is 0 Å². The number of ether oxygens (including phenoxy) is 1. The van der Waals surface area contributed by atoms with Gasteiger partial charge in [0.15, 0.2) is 5.82 Å². The third-order valence-electron chi connectivity index (χ3n) is 4.11. The maximum Gasteiger partial charge on any atom is 0.291 e. The largest absolute Gasteiger partial charge is 0.497 e. The summed E-state index contributed by atoms with van der Waals surface area (Å²) >= 11 is 1.33. The zero-order valence-corrected chi connectivity index (χ0v) is 15.7. The van der Waals surface area contributed by atoms with E-state index in [9.17, 15) is 4.79 Å². The lowest BCUT2D eigenvalue weighted by atomic mass is 10.1. The molecule has 0 N–H and O–H groups in total. The lowest BCUT2D eigenvalue weighted by Gasteiger charge is -1.98. The summed E-state index contributed by atoms with van der Waals surface area (Å²) in [7, 11) is 1.62. The molecule has 134 valence electrons. The molecule has 0 amide bonds. The van der Waals surface area contributed by atoms with Crippen LogP contribution in [0.25, 0.3) is 23.2 Å². The fourth-order valence-electron chi connectivity index (χ4n) is 2.62. The van der Waals surface area contributed by atoms with Gasteiger partial charge in [-0.15, -0.1) is 5.10 Å². The van der Waals surface area contributed by atoms with E-state index in [1.54, 1.807) is 7.11 Å². The van der Waals surface area contributed by atoms with E-state index in [1.165, 1.54) is 21.4 Å². The SMILES string of the molecule is COc1ccc(C=c2sc3nc(C=Cc4ccc(C)cc4)nn3c2=O)cc1. The van der Waals surface area contributed by atoms with Crippen LogP contribution in [-0.2, 0) is 0 Å². The molecule has 0 saturated heterocycles. The molecule has 2 heterocycles. The van der Waals surface area contributed by atoms with E-state index >= 15 is 0 Å². The Bertz CT molecular complexity index is 1220. The predicted molar refractivity (Wildman–Crippen MR) is 109 cm³/mol. The number of hydrogen-bond donors (Lipinski definition) is 0. The molecule has 5 nitrogen and oxygen atoms in total. The van der Waals surface area contributed by atoms with Gasteiger partial charge in [-0.2, -0.15) is 9.50 Å². The summed E-state index contributed by atoms with van der Waals surface area (Å²) in [5.74, 6) is 1.30. The maximum absolute atomic E-state index is 12.6. The zero-order chi connectivity index (χ0) is 18.8. The Balaban J connectivity index is 1.64. The summed E-state index contributed by atoms with van der Waals surface area (Å²) in [4.78, 5) is 17.6.